The number of aromatic nitrogens is 3. The normalized spacial score (nSPS) is 12.6. The summed E-state index contributed by atoms with van der Waals surface area (Å²) >= 11 is 0. The van der Waals surface area contributed by atoms with Gasteiger partial charge in [0.05, 0.1) is 5.39 Å². The molecule has 8 heteroatoms. The zero-order chi connectivity index (χ0) is 20.2. The number of aliphatic imine (C=N–C) groups is 1. The maximum absolute atomic E-state index is 12.4. The second-order valence-electron chi connectivity index (χ2n) is 6.31. The number of nitrogens with one attached hydrogen (secondary N) is 1. The number of hydrogen-bond donors (Lipinski definition) is 2. The summed E-state index contributed by atoms with van der Waals surface area (Å²) in [7, 11) is 1.57. The molecule has 4 aromatic rings. The number of hydrogen-bond acceptors (Lipinski definition) is 7. The lowest BCUT2D eigenvalue weighted by Crippen LogP contribution is -2.09. The van der Waals surface area contributed by atoms with Crippen LogP contribution in [0.2, 0.25) is 0 Å². The third-order valence-corrected chi connectivity index (χ3v) is 4.36. The van der Waals surface area contributed by atoms with Crippen LogP contribution >= 0.6 is 0 Å². The van der Waals surface area contributed by atoms with E-state index in [2.05, 4.69) is 20.2 Å². The van der Waals surface area contributed by atoms with Gasteiger partial charge in [-0.25, -0.2) is 9.78 Å². The highest BCUT2D eigenvalue weighted by atomic mass is 16.5. The molecule has 0 radical (unpaired) electrons. The molecule has 2 heterocycles. The number of aromatic hydroxyl groups is 1. The van der Waals surface area contributed by atoms with E-state index in [1.165, 1.54) is 6.21 Å². The molecule has 0 spiro atoms. The molecule has 1 atom stereocenters. The highest BCUT2D eigenvalue weighted by molar-refractivity contribution is 5.93. The van der Waals surface area contributed by atoms with Crippen molar-refractivity contribution in [2.24, 2.45) is 4.99 Å². The van der Waals surface area contributed by atoms with Crippen molar-refractivity contribution >= 4 is 17.2 Å². The van der Waals surface area contributed by atoms with Crippen molar-refractivity contribution in [3.8, 4) is 5.75 Å². The molecular weight excluding hydrogens is 372 g/mol. The van der Waals surface area contributed by atoms with E-state index in [0.717, 1.165) is 5.56 Å². The summed E-state index contributed by atoms with van der Waals surface area (Å²) in [4.78, 5) is 21.3. The molecule has 29 heavy (non-hydrogen) atoms. The number of aromatic amines is 1. The van der Waals surface area contributed by atoms with Crippen molar-refractivity contribution in [2.45, 2.75) is 12.6 Å². The predicted molar refractivity (Wildman–Crippen MR) is 107 cm³/mol. The van der Waals surface area contributed by atoms with E-state index in [1.807, 2.05) is 30.3 Å². The molecule has 4 rings (SSSR count). The summed E-state index contributed by atoms with van der Waals surface area (Å²) in [5, 5.41) is 18.0. The van der Waals surface area contributed by atoms with E-state index in [1.54, 1.807) is 31.4 Å². The van der Waals surface area contributed by atoms with Crippen LogP contribution < -0.4 is 5.63 Å². The Bertz CT molecular complexity index is 1210. The van der Waals surface area contributed by atoms with Gasteiger partial charge in [-0.05, 0) is 17.7 Å². The standard InChI is InChI=1S/C21H18N4O4/c1-28-12-17-23-20(25-24-17)18(13-7-3-2-4-8-13)22-11-15-19(26)14-9-5-6-10-16(14)29-21(15)27/h2-11,18,26H,12H2,1H3,(H,23,24,25). The molecule has 0 bridgehead atoms. The van der Waals surface area contributed by atoms with Crippen molar-refractivity contribution < 1.29 is 14.3 Å². The van der Waals surface area contributed by atoms with E-state index < -0.39 is 11.7 Å². The number of fused-ring (bicyclic) bond motifs is 1. The van der Waals surface area contributed by atoms with Crippen molar-refractivity contribution in [3.05, 3.63) is 87.8 Å². The number of H-pyrrole nitrogens is 1. The van der Waals surface area contributed by atoms with Gasteiger partial charge in [0.1, 0.15) is 29.5 Å². The van der Waals surface area contributed by atoms with Gasteiger partial charge in [-0.1, -0.05) is 42.5 Å². The third kappa shape index (κ3) is 3.78. The summed E-state index contributed by atoms with van der Waals surface area (Å²) in [5.41, 5.74) is 0.436. The fourth-order valence-electron chi connectivity index (χ4n) is 2.98. The molecule has 0 fully saturated rings. The van der Waals surface area contributed by atoms with E-state index in [-0.39, 0.29) is 17.9 Å². The molecule has 0 saturated carbocycles. The van der Waals surface area contributed by atoms with Gasteiger partial charge in [-0.2, -0.15) is 5.10 Å². The second-order valence-corrected chi connectivity index (χ2v) is 6.31. The molecule has 2 aromatic carbocycles. The first-order valence-corrected chi connectivity index (χ1v) is 8.90. The van der Waals surface area contributed by atoms with Crippen LogP contribution in [0, 0.1) is 0 Å². The van der Waals surface area contributed by atoms with Gasteiger partial charge in [0.25, 0.3) is 0 Å². The van der Waals surface area contributed by atoms with Crippen molar-refractivity contribution in [1.82, 2.24) is 15.2 Å². The Morgan fingerprint density at radius 2 is 1.97 bits per heavy atom. The van der Waals surface area contributed by atoms with Gasteiger partial charge in [0.2, 0.25) is 0 Å². The van der Waals surface area contributed by atoms with E-state index >= 15 is 0 Å². The Morgan fingerprint density at radius 3 is 2.76 bits per heavy atom. The first-order chi connectivity index (χ1) is 14.2. The largest absolute Gasteiger partial charge is 0.506 e. The van der Waals surface area contributed by atoms with Gasteiger partial charge in [-0.3, -0.25) is 10.1 Å². The lowest BCUT2D eigenvalue weighted by Gasteiger charge is -2.09. The van der Waals surface area contributed by atoms with Crippen LogP contribution in [0.25, 0.3) is 11.0 Å². The Balaban J connectivity index is 1.77. The van der Waals surface area contributed by atoms with Crippen LogP contribution in [0.4, 0.5) is 0 Å². The Labute approximate surface area is 165 Å². The van der Waals surface area contributed by atoms with E-state index in [4.69, 9.17) is 9.15 Å². The third-order valence-electron chi connectivity index (χ3n) is 4.36. The number of ether oxygens (including phenoxy) is 1. The van der Waals surface area contributed by atoms with Gasteiger partial charge in [0, 0.05) is 13.3 Å². The molecule has 0 amide bonds. The Morgan fingerprint density at radius 1 is 1.21 bits per heavy atom. The van der Waals surface area contributed by atoms with Crippen molar-refractivity contribution in [2.75, 3.05) is 7.11 Å². The average Bonchev–Trinajstić information content (AvgIpc) is 3.20. The number of nitrogens with zero attached hydrogens (tertiary/aromatic N) is 3. The van der Waals surface area contributed by atoms with Gasteiger partial charge in [-0.15, -0.1) is 0 Å². The number of methoxy groups -OCH3 is 1. The van der Waals surface area contributed by atoms with Crippen LogP contribution in [0.1, 0.15) is 28.8 Å². The summed E-state index contributed by atoms with van der Waals surface area (Å²) in [6, 6.07) is 15.6. The molecule has 2 aromatic heterocycles. The molecule has 8 nitrogen and oxygen atoms in total. The smallest absolute Gasteiger partial charge is 0.348 e. The highest BCUT2D eigenvalue weighted by Gasteiger charge is 2.19. The molecule has 0 aliphatic rings. The van der Waals surface area contributed by atoms with Crippen molar-refractivity contribution in [3.63, 3.8) is 0 Å². The van der Waals surface area contributed by atoms with E-state index in [0.29, 0.717) is 22.6 Å². The van der Waals surface area contributed by atoms with Crippen LogP contribution in [0.15, 0.2) is 68.8 Å². The van der Waals surface area contributed by atoms with Crippen LogP contribution in [-0.4, -0.2) is 33.6 Å². The summed E-state index contributed by atoms with van der Waals surface area (Å²) in [5.74, 6) is 0.804. The van der Waals surface area contributed by atoms with Crippen molar-refractivity contribution in [1.29, 1.82) is 0 Å². The fraction of sp³-hybridized carbons (Fsp3) is 0.143. The minimum Gasteiger partial charge on any atom is -0.506 e. The predicted octanol–water partition coefficient (Wildman–Crippen LogP) is 2.97. The monoisotopic (exact) mass is 390 g/mol. The SMILES string of the molecule is COCc1nc(C(N=Cc2c(O)c3ccccc3oc2=O)c2ccccc2)n[nH]1. The average molecular weight is 390 g/mol. The topological polar surface area (TPSA) is 114 Å². The van der Waals surface area contributed by atoms with Gasteiger partial charge in [0.15, 0.2) is 11.6 Å². The van der Waals surface area contributed by atoms with Crippen LogP contribution in [0.3, 0.4) is 0 Å². The van der Waals surface area contributed by atoms with Crippen LogP contribution in [0.5, 0.6) is 5.75 Å². The summed E-state index contributed by atoms with van der Waals surface area (Å²) in [6.07, 6.45) is 1.30. The second kappa shape index (κ2) is 8.07. The first-order valence-electron chi connectivity index (χ1n) is 8.90. The molecule has 0 aliphatic carbocycles. The fourth-order valence-corrected chi connectivity index (χ4v) is 2.98. The number of para-hydroxylation sites is 1. The zero-order valence-corrected chi connectivity index (χ0v) is 15.6. The maximum Gasteiger partial charge on any atom is 0.348 e. The summed E-state index contributed by atoms with van der Waals surface area (Å²) < 4.78 is 10.4. The minimum absolute atomic E-state index is 0.0303. The molecule has 0 aliphatic heterocycles. The molecule has 2 N–H and O–H groups in total. The van der Waals surface area contributed by atoms with Gasteiger partial charge >= 0.3 is 5.63 Å². The Hall–Kier alpha value is -3.78. The Kier molecular flexibility index (Phi) is 5.17. The molecule has 0 saturated heterocycles. The lowest BCUT2D eigenvalue weighted by atomic mass is 10.1. The highest BCUT2D eigenvalue weighted by Crippen LogP contribution is 2.27. The quantitative estimate of drug-likeness (QED) is 0.386. The first kappa shape index (κ1) is 18.6. The maximum atomic E-state index is 12.4. The minimum atomic E-state index is -0.674. The zero-order valence-electron chi connectivity index (χ0n) is 15.6. The van der Waals surface area contributed by atoms with Gasteiger partial charge < -0.3 is 14.3 Å². The molecular formula is C21H18N4O4. The molecule has 146 valence electrons. The van der Waals surface area contributed by atoms with Crippen LogP contribution in [-0.2, 0) is 11.3 Å². The summed E-state index contributed by atoms with van der Waals surface area (Å²) in [6.45, 7) is 0.285. The number of benzene rings is 2. The lowest BCUT2D eigenvalue weighted by molar-refractivity contribution is 0.178. The number of rotatable bonds is 6. The molecule has 1 unspecified atom stereocenters. The van der Waals surface area contributed by atoms with E-state index in [9.17, 15) is 9.90 Å².